The summed E-state index contributed by atoms with van der Waals surface area (Å²) < 4.78 is 39.2. The molecule has 1 aliphatic heterocycles. The van der Waals surface area contributed by atoms with E-state index in [-0.39, 0.29) is 6.04 Å². The highest BCUT2D eigenvalue weighted by Crippen LogP contribution is 2.37. The molecule has 10 heteroatoms. The van der Waals surface area contributed by atoms with Gasteiger partial charge in [0.05, 0.1) is 18.2 Å². The first-order valence-electron chi connectivity index (χ1n) is 11.6. The van der Waals surface area contributed by atoms with Crippen molar-refractivity contribution in [1.29, 1.82) is 0 Å². The van der Waals surface area contributed by atoms with E-state index in [2.05, 4.69) is 35.6 Å². The molecule has 2 aromatic heterocycles. The van der Waals surface area contributed by atoms with E-state index in [9.17, 15) is 13.2 Å². The van der Waals surface area contributed by atoms with Crippen LogP contribution in [0.4, 0.5) is 25.1 Å². The largest absolute Gasteiger partial charge is 0.416 e. The maximum atomic E-state index is 13.1. The number of halogens is 3. The third kappa shape index (κ3) is 5.94. The second-order valence-electron chi connectivity index (χ2n) is 8.76. The van der Waals surface area contributed by atoms with E-state index in [0.29, 0.717) is 41.6 Å². The highest BCUT2D eigenvalue weighted by Gasteiger charge is 2.30. The Hall–Kier alpha value is -4.08. The molecular formula is C26H24F3N7. The lowest BCUT2D eigenvalue weighted by Gasteiger charge is -2.15. The average molecular weight is 492 g/mol. The van der Waals surface area contributed by atoms with Crippen LogP contribution in [0, 0.1) is 5.92 Å². The molecule has 0 spiro atoms. The third-order valence-electron chi connectivity index (χ3n) is 5.94. The van der Waals surface area contributed by atoms with Crippen LogP contribution >= 0.6 is 0 Å². The molecule has 7 nitrogen and oxygen atoms in total. The minimum absolute atomic E-state index is 0.117. The predicted octanol–water partition coefficient (Wildman–Crippen LogP) is 5.79. The van der Waals surface area contributed by atoms with E-state index in [1.807, 2.05) is 25.1 Å². The van der Waals surface area contributed by atoms with E-state index in [4.69, 9.17) is 0 Å². The van der Waals surface area contributed by atoms with E-state index in [1.54, 1.807) is 30.6 Å². The van der Waals surface area contributed by atoms with Crippen molar-refractivity contribution < 1.29 is 13.2 Å². The predicted molar refractivity (Wildman–Crippen MR) is 133 cm³/mol. The molecule has 0 amide bonds. The molecule has 1 unspecified atom stereocenters. The van der Waals surface area contributed by atoms with Gasteiger partial charge >= 0.3 is 6.18 Å². The molecule has 184 valence electrons. The second-order valence-corrected chi connectivity index (χ2v) is 8.76. The number of nitrogens with one attached hydrogen (secondary N) is 2. The molecule has 1 aliphatic carbocycles. The van der Waals surface area contributed by atoms with Gasteiger partial charge in [-0.1, -0.05) is 18.2 Å². The number of benzene rings is 1. The lowest BCUT2D eigenvalue weighted by atomic mass is 10.1. The summed E-state index contributed by atoms with van der Waals surface area (Å²) in [6, 6.07) is 8.75. The SMILES string of the molecule is CC(Nc1nc(/C=C/c2cccc(C(F)(F)F)c2)nc(NC2=NCC(C3CC3)=C2)n1)c1ccncc1. The van der Waals surface area contributed by atoms with Crippen LogP contribution in [0.1, 0.15) is 48.3 Å². The standard InChI is InChI=1S/C26H24F3N7/c1-16(18-9-11-30-12-10-18)32-24-33-22(8-5-17-3-2-4-21(13-17)26(27,28)29)34-25(36-24)35-23-14-20(15-31-23)19-6-7-19/h2-5,8-14,16,19H,6-7,15H2,1H3,(H2,31,32,33,34,35,36)/b8-5+. The maximum absolute atomic E-state index is 13.1. The van der Waals surface area contributed by atoms with E-state index >= 15 is 0 Å². The molecule has 2 aliphatic rings. The molecule has 3 heterocycles. The summed E-state index contributed by atoms with van der Waals surface area (Å²) >= 11 is 0. The topological polar surface area (TPSA) is 88.0 Å². The molecule has 1 saturated carbocycles. The summed E-state index contributed by atoms with van der Waals surface area (Å²) in [6.45, 7) is 2.64. The van der Waals surface area contributed by atoms with Crippen molar-refractivity contribution in [3.63, 3.8) is 0 Å². The van der Waals surface area contributed by atoms with Crippen molar-refractivity contribution in [2.24, 2.45) is 10.9 Å². The Balaban J connectivity index is 1.41. The zero-order chi connectivity index (χ0) is 25.1. The number of pyridine rings is 1. The summed E-state index contributed by atoms with van der Waals surface area (Å²) in [7, 11) is 0. The van der Waals surface area contributed by atoms with Crippen LogP contribution in [-0.2, 0) is 6.18 Å². The molecule has 2 N–H and O–H groups in total. The third-order valence-corrected chi connectivity index (χ3v) is 5.94. The number of alkyl halides is 3. The van der Waals surface area contributed by atoms with Gasteiger partial charge in [0.2, 0.25) is 11.9 Å². The fourth-order valence-electron chi connectivity index (χ4n) is 3.84. The van der Waals surface area contributed by atoms with Crippen LogP contribution in [0.15, 0.2) is 65.4 Å². The van der Waals surface area contributed by atoms with Gasteiger partial charge in [-0.05, 0) is 78.8 Å². The molecule has 0 bridgehead atoms. The van der Waals surface area contributed by atoms with Crippen LogP contribution in [0.2, 0.25) is 0 Å². The first kappa shape index (κ1) is 23.7. The lowest BCUT2D eigenvalue weighted by molar-refractivity contribution is -0.137. The van der Waals surface area contributed by atoms with E-state index in [1.165, 1.54) is 24.5 Å². The fraction of sp³-hybridized carbons (Fsp3) is 0.269. The highest BCUT2D eigenvalue weighted by molar-refractivity contribution is 6.05. The van der Waals surface area contributed by atoms with Crippen LogP contribution < -0.4 is 10.6 Å². The normalized spacial score (nSPS) is 16.6. The summed E-state index contributed by atoms with van der Waals surface area (Å²) in [6.07, 6.45) is 6.54. The second kappa shape index (κ2) is 9.88. The maximum Gasteiger partial charge on any atom is 0.416 e. The van der Waals surface area contributed by atoms with Crippen LogP contribution in [-0.4, -0.2) is 32.3 Å². The summed E-state index contributed by atoms with van der Waals surface area (Å²) in [5, 5.41) is 6.41. The number of hydrogen-bond acceptors (Lipinski definition) is 7. The Morgan fingerprint density at radius 3 is 2.53 bits per heavy atom. The molecular weight excluding hydrogens is 467 g/mol. The summed E-state index contributed by atoms with van der Waals surface area (Å²) in [5.41, 5.74) is 1.98. The first-order chi connectivity index (χ1) is 17.3. The quantitative estimate of drug-likeness (QED) is 0.435. The number of nitrogens with zero attached hydrogens (tertiary/aromatic N) is 5. The Labute approximate surface area is 206 Å². The van der Waals surface area contributed by atoms with Crippen molar-refractivity contribution in [3.05, 3.63) is 83.0 Å². The first-order valence-corrected chi connectivity index (χ1v) is 11.6. The smallest absolute Gasteiger partial charge is 0.348 e. The van der Waals surface area contributed by atoms with Crippen LogP contribution in [0.3, 0.4) is 0 Å². The fourth-order valence-corrected chi connectivity index (χ4v) is 3.84. The minimum atomic E-state index is -4.41. The Bertz CT molecular complexity index is 1330. The van der Waals surface area contributed by atoms with E-state index < -0.39 is 11.7 Å². The van der Waals surface area contributed by atoms with Crippen molar-refractivity contribution in [2.45, 2.75) is 32.0 Å². The Morgan fingerprint density at radius 1 is 1.00 bits per heavy atom. The number of rotatable bonds is 7. The molecule has 1 aromatic carbocycles. The molecule has 5 rings (SSSR count). The van der Waals surface area contributed by atoms with Gasteiger partial charge in [-0.2, -0.15) is 28.1 Å². The van der Waals surface area contributed by atoms with Gasteiger partial charge in [0.15, 0.2) is 5.82 Å². The van der Waals surface area contributed by atoms with Crippen LogP contribution in [0.25, 0.3) is 12.2 Å². The highest BCUT2D eigenvalue weighted by atomic mass is 19.4. The Kier molecular flexibility index (Phi) is 6.49. The molecule has 1 fully saturated rings. The van der Waals surface area contributed by atoms with Gasteiger partial charge in [0.25, 0.3) is 0 Å². The number of aromatic nitrogens is 4. The van der Waals surface area contributed by atoms with Gasteiger partial charge in [0.1, 0.15) is 5.84 Å². The minimum Gasteiger partial charge on any atom is -0.348 e. The van der Waals surface area contributed by atoms with Crippen molar-refractivity contribution in [1.82, 2.24) is 19.9 Å². The van der Waals surface area contributed by atoms with E-state index in [0.717, 1.165) is 17.7 Å². The number of aliphatic imine (C=N–C) groups is 1. The molecule has 3 aromatic rings. The van der Waals surface area contributed by atoms with Gasteiger partial charge < -0.3 is 10.6 Å². The Morgan fingerprint density at radius 2 is 1.78 bits per heavy atom. The molecule has 1 atom stereocenters. The summed E-state index contributed by atoms with van der Waals surface area (Å²) in [4.78, 5) is 22.0. The molecule has 0 radical (unpaired) electrons. The van der Waals surface area contributed by atoms with Gasteiger partial charge in [0, 0.05) is 12.4 Å². The monoisotopic (exact) mass is 491 g/mol. The molecule has 36 heavy (non-hydrogen) atoms. The van der Waals surface area contributed by atoms with Crippen molar-refractivity contribution in [3.8, 4) is 0 Å². The van der Waals surface area contributed by atoms with Crippen LogP contribution in [0.5, 0.6) is 0 Å². The summed E-state index contributed by atoms with van der Waals surface area (Å²) in [5.74, 6) is 2.22. The number of anilines is 2. The lowest BCUT2D eigenvalue weighted by Crippen LogP contribution is -2.15. The zero-order valence-electron chi connectivity index (χ0n) is 19.5. The zero-order valence-corrected chi connectivity index (χ0v) is 19.5. The number of hydrogen-bond donors (Lipinski definition) is 2. The number of amidine groups is 1. The average Bonchev–Trinajstić information content (AvgIpc) is 3.62. The van der Waals surface area contributed by atoms with Gasteiger partial charge in [-0.25, -0.2) is 0 Å². The van der Waals surface area contributed by atoms with Crippen molar-refractivity contribution in [2.75, 3.05) is 17.2 Å². The van der Waals surface area contributed by atoms with Crippen molar-refractivity contribution >= 4 is 29.9 Å². The molecule has 0 saturated heterocycles. The van der Waals surface area contributed by atoms with Gasteiger partial charge in [-0.15, -0.1) is 0 Å². The van der Waals surface area contributed by atoms with Gasteiger partial charge in [-0.3, -0.25) is 9.98 Å².